The molecule has 1 aliphatic rings. The highest BCUT2D eigenvalue weighted by Crippen LogP contribution is 2.55. The molecule has 0 aliphatic heterocycles. The Bertz CT molecular complexity index is 3300. The normalized spacial score (nSPS) is 20.2. The zero-order chi connectivity index (χ0) is 53.6. The second kappa shape index (κ2) is 12.3. The highest BCUT2D eigenvalue weighted by atomic mass is 15.1. The lowest BCUT2D eigenvalue weighted by atomic mass is 9.55. The first kappa shape index (κ1) is 15.5. The average molecular weight is 668 g/mol. The summed E-state index contributed by atoms with van der Waals surface area (Å²) in [5.41, 5.74) is -2.16. The minimum atomic E-state index is -0.904. The predicted octanol–water partition coefficient (Wildman–Crippen LogP) is 13.7. The van der Waals surface area contributed by atoms with E-state index in [-0.39, 0.29) is 28.9 Å². The maximum Gasteiger partial charge on any atom is 0.0645 e. The predicted molar refractivity (Wildman–Crippen MR) is 214 cm³/mol. The van der Waals surface area contributed by atoms with E-state index in [1.54, 1.807) is 30.3 Å². The van der Waals surface area contributed by atoms with Crippen molar-refractivity contribution in [2.45, 2.75) is 45.4 Å². The van der Waals surface area contributed by atoms with Crippen LogP contribution in [0.4, 0.5) is 17.1 Å². The summed E-state index contributed by atoms with van der Waals surface area (Å²) in [6.07, 6.45) is 0. The van der Waals surface area contributed by atoms with Crippen molar-refractivity contribution in [1.29, 1.82) is 0 Å². The maximum atomic E-state index is 9.55. The van der Waals surface area contributed by atoms with E-state index in [0.717, 1.165) is 10.5 Å². The van der Waals surface area contributed by atoms with Crippen LogP contribution in [0.3, 0.4) is 0 Å². The van der Waals surface area contributed by atoms with Gasteiger partial charge in [0.1, 0.15) is 0 Å². The molecule has 1 aliphatic carbocycles. The SMILES string of the molecule is [2H]c1c([2H])c([2H])c(-c2ccc3c(c2)C(C)(C)C(C)(C)c2cc(N(c4c([2H])c([2H])c(-c5c([2H])c([2H])c([2H])c([2H])c5[2H])c([2H])c4[2H])c4c([2H])c([2H])c(-c5c([2H])c([2H])c([2H])c(C)c5[2H])c([2H])c4[2H])ccc2-3)c([2H])c1[2H]. The number of anilines is 3. The Kier molecular flexibility index (Phi) is 3.82. The Hall–Kier alpha value is -5.66. The van der Waals surface area contributed by atoms with Crippen molar-refractivity contribution in [3.63, 3.8) is 0 Å². The number of hydrogen-bond donors (Lipinski definition) is 0. The topological polar surface area (TPSA) is 3.24 Å². The standard InChI is InChI=1S/C49H43N/c1-34-13-12-18-39(31-34)38-21-26-42(27-22-38)50(41-24-19-37(20-25-41)35-14-8-6-9-15-35)43-28-30-45-44-29-23-40(36-16-10-7-11-17-36)32-46(44)48(2,3)49(4,5)47(45)33-43/h6-33H,1-5H3/i6D,7D,8D,9D,10D,11D,12D,13D,14D,15D,16D,17D,18D,19D,20D,21D,22D,24D,25D,26D,27D,31D. The van der Waals surface area contributed by atoms with E-state index >= 15 is 0 Å². The third-order valence-electron chi connectivity index (χ3n) is 9.69. The van der Waals surface area contributed by atoms with Gasteiger partial charge in [0.05, 0.1) is 30.2 Å². The van der Waals surface area contributed by atoms with Crippen molar-refractivity contribution in [3.05, 3.63) is 186 Å². The summed E-state index contributed by atoms with van der Waals surface area (Å²) >= 11 is 0. The molecule has 0 spiro atoms. The van der Waals surface area contributed by atoms with E-state index in [4.69, 9.17) is 19.2 Å². The van der Waals surface area contributed by atoms with Gasteiger partial charge in [0.15, 0.2) is 0 Å². The highest BCUT2D eigenvalue weighted by molar-refractivity contribution is 5.86. The summed E-state index contributed by atoms with van der Waals surface area (Å²) < 4.78 is 194. The third-order valence-corrected chi connectivity index (χ3v) is 9.69. The quantitative estimate of drug-likeness (QED) is 0.171. The fraction of sp³-hybridized carbons (Fsp3) is 0.143. The van der Waals surface area contributed by atoms with Crippen LogP contribution in [0.1, 0.15) is 74.5 Å². The van der Waals surface area contributed by atoms with Gasteiger partial charge in [-0.25, -0.2) is 0 Å². The van der Waals surface area contributed by atoms with Crippen molar-refractivity contribution in [1.82, 2.24) is 0 Å². The molecule has 0 saturated heterocycles. The van der Waals surface area contributed by atoms with Gasteiger partial charge in [0, 0.05) is 17.1 Å². The average Bonchev–Trinajstić information content (AvgIpc) is 3.34. The second-order valence-corrected chi connectivity index (χ2v) is 13.0. The molecule has 0 atom stereocenters. The Morgan fingerprint density at radius 1 is 0.420 bits per heavy atom. The molecule has 0 aromatic heterocycles. The van der Waals surface area contributed by atoms with Gasteiger partial charge in [-0.05, 0) is 116 Å². The van der Waals surface area contributed by atoms with Crippen LogP contribution in [-0.2, 0) is 10.8 Å². The lowest BCUT2D eigenvalue weighted by Gasteiger charge is -2.48. The summed E-state index contributed by atoms with van der Waals surface area (Å²) in [6, 6.07) is -5.08. The lowest BCUT2D eigenvalue weighted by Crippen LogP contribution is -2.43. The molecule has 1 nitrogen and oxygen atoms in total. The van der Waals surface area contributed by atoms with E-state index in [0.29, 0.717) is 22.3 Å². The minimum Gasteiger partial charge on any atom is -0.310 e. The number of rotatable bonds is 6. The van der Waals surface area contributed by atoms with E-state index in [2.05, 4.69) is 0 Å². The molecule has 0 heterocycles. The molecule has 8 rings (SSSR count). The van der Waals surface area contributed by atoms with Gasteiger partial charge < -0.3 is 4.90 Å². The number of benzene rings is 7. The first-order valence-electron chi connectivity index (χ1n) is 26.9. The number of hydrogen-bond acceptors (Lipinski definition) is 1. The Balaban J connectivity index is 1.46. The molecular weight excluding hydrogens is 603 g/mol. The van der Waals surface area contributed by atoms with Crippen molar-refractivity contribution in [2.75, 3.05) is 4.90 Å². The summed E-state index contributed by atoms with van der Waals surface area (Å²) in [5.74, 6) is 0. The molecule has 0 unspecified atom stereocenters. The zero-order valence-electron chi connectivity index (χ0n) is 49.9. The Morgan fingerprint density at radius 2 is 0.880 bits per heavy atom. The van der Waals surface area contributed by atoms with Gasteiger partial charge in [-0.2, -0.15) is 0 Å². The van der Waals surface area contributed by atoms with Gasteiger partial charge in [-0.3, -0.25) is 0 Å². The summed E-state index contributed by atoms with van der Waals surface area (Å²) in [4.78, 5) is 1.02. The molecule has 7 aromatic carbocycles. The first-order chi connectivity index (χ1) is 33.4. The molecule has 0 N–H and O–H groups in total. The minimum absolute atomic E-state index is 0.00643. The lowest BCUT2D eigenvalue weighted by molar-refractivity contribution is 0.299. The fourth-order valence-corrected chi connectivity index (χ4v) is 6.34. The third kappa shape index (κ3) is 5.44. The molecule has 1 heteroatoms. The largest absolute Gasteiger partial charge is 0.310 e. The molecule has 0 fully saturated rings. The number of nitrogens with zero attached hydrogens (tertiary/aromatic N) is 1. The van der Waals surface area contributed by atoms with Crippen molar-refractivity contribution in [3.8, 4) is 44.5 Å². The molecule has 0 amide bonds. The van der Waals surface area contributed by atoms with Crippen molar-refractivity contribution < 1.29 is 30.2 Å². The van der Waals surface area contributed by atoms with E-state index < -0.39 is 165 Å². The van der Waals surface area contributed by atoms with Gasteiger partial charge in [0.25, 0.3) is 0 Å². The first-order valence-corrected chi connectivity index (χ1v) is 15.9. The summed E-state index contributed by atoms with van der Waals surface area (Å²) in [7, 11) is 0. The van der Waals surface area contributed by atoms with E-state index in [9.17, 15) is 11.0 Å². The maximum absolute atomic E-state index is 9.55. The highest BCUT2D eigenvalue weighted by Gasteiger charge is 2.46. The van der Waals surface area contributed by atoms with Crippen molar-refractivity contribution >= 4 is 17.1 Å². The molecule has 7 aromatic rings. The zero-order valence-corrected chi connectivity index (χ0v) is 27.9. The molecular formula is C49H43N. The second-order valence-electron chi connectivity index (χ2n) is 13.0. The van der Waals surface area contributed by atoms with Crippen molar-refractivity contribution in [2.24, 2.45) is 0 Å². The molecule has 50 heavy (non-hydrogen) atoms. The Morgan fingerprint density at radius 3 is 1.46 bits per heavy atom. The Labute approximate surface area is 328 Å². The van der Waals surface area contributed by atoms with Crippen LogP contribution in [0.5, 0.6) is 0 Å². The monoisotopic (exact) mass is 667 g/mol. The van der Waals surface area contributed by atoms with E-state index in [1.807, 2.05) is 27.7 Å². The van der Waals surface area contributed by atoms with Crippen LogP contribution in [-0.4, -0.2) is 0 Å². The van der Waals surface area contributed by atoms with Gasteiger partial charge >= 0.3 is 0 Å². The van der Waals surface area contributed by atoms with Crippen LogP contribution in [0.15, 0.2) is 169 Å². The molecule has 0 saturated carbocycles. The van der Waals surface area contributed by atoms with Crippen LogP contribution >= 0.6 is 0 Å². The van der Waals surface area contributed by atoms with Crippen LogP contribution < -0.4 is 4.90 Å². The van der Waals surface area contributed by atoms with E-state index in [1.165, 1.54) is 13.0 Å². The van der Waals surface area contributed by atoms with Gasteiger partial charge in [-0.15, -0.1) is 0 Å². The molecule has 0 bridgehead atoms. The molecule has 244 valence electrons. The van der Waals surface area contributed by atoms with Gasteiger partial charge in [-0.1, -0.05) is 160 Å². The molecule has 0 radical (unpaired) electrons. The van der Waals surface area contributed by atoms with Crippen LogP contribution in [0.2, 0.25) is 0 Å². The van der Waals surface area contributed by atoms with Crippen LogP contribution in [0.25, 0.3) is 44.5 Å². The van der Waals surface area contributed by atoms with Gasteiger partial charge in [0.2, 0.25) is 0 Å². The number of fused-ring (bicyclic) bond motifs is 3. The summed E-state index contributed by atoms with van der Waals surface area (Å²) in [5, 5.41) is 0. The summed E-state index contributed by atoms with van der Waals surface area (Å²) in [6.45, 7) is 9.11. The fourth-order valence-electron chi connectivity index (χ4n) is 6.34. The van der Waals surface area contributed by atoms with Crippen LogP contribution in [0, 0.1) is 6.92 Å². The smallest absolute Gasteiger partial charge is 0.0645 e.